The van der Waals surface area contributed by atoms with Crippen molar-refractivity contribution in [3.63, 3.8) is 0 Å². The molecule has 0 radical (unpaired) electrons. The Morgan fingerprint density at radius 1 is 1.12 bits per heavy atom. The molecule has 1 heterocycles. The molecule has 0 saturated heterocycles. The van der Waals surface area contributed by atoms with E-state index in [1.165, 1.54) is 6.92 Å². The average molecular weight is 383 g/mol. The molecule has 0 atom stereocenters. The minimum Gasteiger partial charge on any atom is -0.464 e. The monoisotopic (exact) mass is 383 g/mol. The van der Waals surface area contributed by atoms with Crippen LogP contribution in [0.5, 0.6) is 6.01 Å². The molecule has 2 aromatic rings. The second kappa shape index (κ2) is 7.26. The molecular weight excluding hydrogens is 370 g/mol. The quantitative estimate of drug-likeness (QED) is 0.553. The first-order chi connectivity index (χ1) is 12.2. The molecule has 0 saturated carbocycles. The number of nitrogens with zero attached hydrogens (tertiary/aromatic N) is 4. The minimum absolute atomic E-state index is 0.0389. The number of anilines is 1. The van der Waals surface area contributed by atoms with Gasteiger partial charge in [0.15, 0.2) is 0 Å². The lowest BCUT2D eigenvalue weighted by Crippen LogP contribution is -2.14. The van der Waals surface area contributed by atoms with Gasteiger partial charge in [-0.05, 0) is 13.8 Å². The van der Waals surface area contributed by atoms with Crippen molar-refractivity contribution < 1.29 is 23.0 Å². The smallest absolute Gasteiger partial charge is 0.316 e. The number of hydrogen-bond acceptors (Lipinski definition) is 9. The average Bonchev–Trinajstić information content (AvgIpc) is 2.56. The summed E-state index contributed by atoms with van der Waals surface area (Å²) in [5.74, 6) is 0. The van der Waals surface area contributed by atoms with Crippen molar-refractivity contribution >= 4 is 27.1 Å². The predicted molar refractivity (Wildman–Crippen MR) is 88.5 cm³/mol. The summed E-state index contributed by atoms with van der Waals surface area (Å²) >= 11 is 0. The second-order valence-electron chi connectivity index (χ2n) is 4.89. The van der Waals surface area contributed by atoms with Gasteiger partial charge in [-0.3, -0.25) is 25.0 Å². The highest BCUT2D eigenvalue weighted by Gasteiger charge is 2.28. The molecule has 0 fully saturated rings. The first-order valence-electron chi connectivity index (χ1n) is 7.06. The number of hydrogen-bond donors (Lipinski definition) is 1. The van der Waals surface area contributed by atoms with Crippen LogP contribution in [-0.4, -0.2) is 34.8 Å². The predicted octanol–water partition coefficient (Wildman–Crippen LogP) is 1.80. The second-order valence-corrected chi connectivity index (χ2v) is 6.58. The summed E-state index contributed by atoms with van der Waals surface area (Å²) in [6.45, 7) is 3.21. The lowest BCUT2D eigenvalue weighted by molar-refractivity contribution is -0.395. The largest absolute Gasteiger partial charge is 0.464 e. The highest BCUT2D eigenvalue weighted by atomic mass is 32.2. The van der Waals surface area contributed by atoms with Crippen molar-refractivity contribution in [2.24, 2.45) is 0 Å². The Hall–Kier alpha value is -3.35. The molecule has 1 aromatic heterocycles. The number of nitrogens with one attached hydrogen (secondary N) is 1. The molecule has 12 nitrogen and oxygen atoms in total. The maximum absolute atomic E-state index is 12.4. The van der Waals surface area contributed by atoms with E-state index in [0.717, 1.165) is 24.5 Å². The van der Waals surface area contributed by atoms with Crippen LogP contribution in [0, 0.1) is 27.2 Å². The molecule has 0 unspecified atom stereocenters. The van der Waals surface area contributed by atoms with Gasteiger partial charge in [0.1, 0.15) is 10.5 Å². The summed E-state index contributed by atoms with van der Waals surface area (Å²) in [7, 11) is -4.35. The number of ether oxygens (including phenoxy) is 1. The maximum Gasteiger partial charge on any atom is 0.316 e. The molecule has 0 spiro atoms. The molecular formula is C13H13N5O7S. The van der Waals surface area contributed by atoms with Crippen molar-refractivity contribution in [1.82, 2.24) is 9.97 Å². The standard InChI is InChI=1S/C13H13N5O7S/c1-3-25-13-14-6-9(7-15-13)16-26(23,24)10-4-11(17(19)20)8(2)12(5-10)18(21)22/h4-7,16H,3H2,1-2H3. The van der Waals surface area contributed by atoms with Gasteiger partial charge in [0.2, 0.25) is 0 Å². The van der Waals surface area contributed by atoms with E-state index < -0.39 is 36.1 Å². The van der Waals surface area contributed by atoms with Crippen LogP contribution in [0.1, 0.15) is 12.5 Å². The van der Waals surface area contributed by atoms with Gasteiger partial charge in [-0.1, -0.05) is 0 Å². The SMILES string of the molecule is CCOc1ncc(NS(=O)(=O)c2cc([N+](=O)[O-])c(C)c([N+](=O)[O-])c2)cn1. The van der Waals surface area contributed by atoms with E-state index >= 15 is 0 Å². The van der Waals surface area contributed by atoms with Crippen molar-refractivity contribution in [3.05, 3.63) is 50.3 Å². The topological polar surface area (TPSA) is 167 Å². The summed E-state index contributed by atoms with van der Waals surface area (Å²) in [6, 6.07) is 1.54. The molecule has 26 heavy (non-hydrogen) atoms. The Kier molecular flexibility index (Phi) is 5.30. The van der Waals surface area contributed by atoms with Gasteiger partial charge in [-0.25, -0.2) is 18.4 Å². The first kappa shape index (κ1) is 19.0. The zero-order chi connectivity index (χ0) is 19.5. The zero-order valence-corrected chi connectivity index (χ0v) is 14.4. The van der Waals surface area contributed by atoms with E-state index in [1.807, 2.05) is 0 Å². The van der Waals surface area contributed by atoms with Crippen LogP contribution in [0.15, 0.2) is 29.4 Å². The first-order valence-corrected chi connectivity index (χ1v) is 8.55. The Labute approximate surface area is 147 Å². The zero-order valence-electron chi connectivity index (χ0n) is 13.6. The van der Waals surface area contributed by atoms with Gasteiger partial charge >= 0.3 is 6.01 Å². The molecule has 0 aliphatic carbocycles. The van der Waals surface area contributed by atoms with E-state index in [9.17, 15) is 28.6 Å². The summed E-state index contributed by atoms with van der Waals surface area (Å²) in [6.07, 6.45) is 2.26. The summed E-state index contributed by atoms with van der Waals surface area (Å²) in [4.78, 5) is 27.3. The van der Waals surface area contributed by atoms with Gasteiger partial charge < -0.3 is 4.74 Å². The Bertz CT molecular complexity index is 924. The minimum atomic E-state index is -4.35. The number of benzene rings is 1. The molecule has 0 bridgehead atoms. The third-order valence-electron chi connectivity index (χ3n) is 3.18. The molecule has 2 rings (SSSR count). The normalized spacial score (nSPS) is 11.0. The molecule has 1 N–H and O–H groups in total. The molecule has 138 valence electrons. The van der Waals surface area contributed by atoms with Crippen molar-refractivity contribution in [1.29, 1.82) is 0 Å². The van der Waals surface area contributed by atoms with E-state index in [0.29, 0.717) is 6.61 Å². The van der Waals surface area contributed by atoms with Crippen LogP contribution in [0.3, 0.4) is 0 Å². The third kappa shape index (κ3) is 4.00. The molecule has 1 aromatic carbocycles. The van der Waals surface area contributed by atoms with Crippen molar-refractivity contribution in [2.45, 2.75) is 18.7 Å². The molecule has 13 heteroatoms. The fourth-order valence-corrected chi connectivity index (χ4v) is 3.05. The van der Waals surface area contributed by atoms with Crippen LogP contribution < -0.4 is 9.46 Å². The van der Waals surface area contributed by atoms with E-state index in [4.69, 9.17) is 4.74 Å². The molecule has 0 aliphatic heterocycles. The number of aromatic nitrogens is 2. The van der Waals surface area contributed by atoms with Crippen LogP contribution in [0.2, 0.25) is 0 Å². The fraction of sp³-hybridized carbons (Fsp3) is 0.231. The van der Waals surface area contributed by atoms with Crippen LogP contribution in [0.25, 0.3) is 0 Å². The van der Waals surface area contributed by atoms with E-state index in [-0.39, 0.29) is 17.3 Å². The van der Waals surface area contributed by atoms with E-state index in [1.54, 1.807) is 6.92 Å². The highest BCUT2D eigenvalue weighted by molar-refractivity contribution is 7.92. The van der Waals surface area contributed by atoms with Crippen LogP contribution >= 0.6 is 0 Å². The van der Waals surface area contributed by atoms with Gasteiger partial charge in [0.25, 0.3) is 21.4 Å². The van der Waals surface area contributed by atoms with Crippen molar-refractivity contribution in [2.75, 3.05) is 11.3 Å². The molecule has 0 amide bonds. The van der Waals surface area contributed by atoms with Gasteiger partial charge in [-0.15, -0.1) is 0 Å². The Morgan fingerprint density at radius 2 is 1.62 bits per heavy atom. The van der Waals surface area contributed by atoms with Crippen LogP contribution in [-0.2, 0) is 10.0 Å². The Balaban J connectivity index is 2.45. The van der Waals surface area contributed by atoms with Gasteiger partial charge in [-0.2, -0.15) is 0 Å². The fourth-order valence-electron chi connectivity index (χ4n) is 1.98. The number of rotatable bonds is 7. The lowest BCUT2D eigenvalue weighted by Gasteiger charge is -2.09. The summed E-state index contributed by atoms with van der Waals surface area (Å²) < 4.78 is 32.0. The molecule has 0 aliphatic rings. The van der Waals surface area contributed by atoms with Crippen LogP contribution in [0.4, 0.5) is 17.1 Å². The lowest BCUT2D eigenvalue weighted by atomic mass is 10.1. The van der Waals surface area contributed by atoms with E-state index in [2.05, 4.69) is 14.7 Å². The van der Waals surface area contributed by atoms with Gasteiger partial charge in [0.05, 0.1) is 34.5 Å². The number of nitro benzene ring substituents is 2. The highest BCUT2D eigenvalue weighted by Crippen LogP contribution is 2.31. The maximum atomic E-state index is 12.4. The third-order valence-corrected chi connectivity index (χ3v) is 4.54. The van der Waals surface area contributed by atoms with Gasteiger partial charge in [0, 0.05) is 12.1 Å². The Morgan fingerprint density at radius 3 is 2.04 bits per heavy atom. The number of sulfonamides is 1. The number of nitro groups is 2. The summed E-state index contributed by atoms with van der Waals surface area (Å²) in [5.41, 5.74) is -1.65. The van der Waals surface area contributed by atoms with Crippen molar-refractivity contribution in [3.8, 4) is 6.01 Å². The summed E-state index contributed by atoms with van der Waals surface area (Å²) in [5, 5.41) is 22.1.